The summed E-state index contributed by atoms with van der Waals surface area (Å²) in [5, 5.41) is 2.83. The quantitative estimate of drug-likeness (QED) is 0.637. The zero-order chi connectivity index (χ0) is 21.6. The number of carbonyl (C=O) groups excluding carboxylic acids is 1. The Kier molecular flexibility index (Phi) is 7.81. The zero-order valence-corrected chi connectivity index (χ0v) is 18.7. The van der Waals surface area contributed by atoms with E-state index in [1.165, 1.54) is 4.31 Å². The van der Waals surface area contributed by atoms with Gasteiger partial charge in [0.1, 0.15) is 6.54 Å². The first-order chi connectivity index (χ1) is 13.6. The second-order valence-corrected chi connectivity index (χ2v) is 9.48. The normalized spacial score (nSPS) is 11.5. The second kappa shape index (κ2) is 9.89. The summed E-state index contributed by atoms with van der Waals surface area (Å²) in [7, 11) is 0.0592. The average Bonchev–Trinajstić information content (AvgIpc) is 2.64. The number of aryl methyl sites for hydroxylation is 3. The van der Waals surface area contributed by atoms with Gasteiger partial charge in [-0.1, -0.05) is 35.4 Å². The molecule has 6 nitrogen and oxygen atoms in total. The van der Waals surface area contributed by atoms with Crippen LogP contribution in [0.5, 0.6) is 0 Å². The minimum absolute atomic E-state index is 0.170. The van der Waals surface area contributed by atoms with Crippen molar-refractivity contribution >= 4 is 21.6 Å². The molecule has 0 aromatic heterocycles. The summed E-state index contributed by atoms with van der Waals surface area (Å²) in [6, 6.07) is 12.2. The number of hydrogen-bond donors (Lipinski definition) is 1. The monoisotopic (exact) mass is 417 g/mol. The van der Waals surface area contributed by atoms with E-state index in [0.29, 0.717) is 12.2 Å². The van der Waals surface area contributed by atoms with Crippen LogP contribution >= 0.6 is 0 Å². The molecule has 0 aliphatic carbocycles. The third-order valence-corrected chi connectivity index (χ3v) is 6.40. The predicted molar refractivity (Wildman–Crippen MR) is 118 cm³/mol. The number of benzene rings is 2. The van der Waals surface area contributed by atoms with Crippen LogP contribution in [0.25, 0.3) is 0 Å². The van der Waals surface area contributed by atoms with E-state index in [0.717, 1.165) is 29.7 Å². The highest BCUT2D eigenvalue weighted by atomic mass is 32.2. The highest BCUT2D eigenvalue weighted by molar-refractivity contribution is 7.92. The van der Waals surface area contributed by atoms with Crippen LogP contribution in [0.15, 0.2) is 47.4 Å². The summed E-state index contributed by atoms with van der Waals surface area (Å²) < 4.78 is 28.0. The van der Waals surface area contributed by atoms with E-state index in [1.54, 1.807) is 30.3 Å². The first-order valence-corrected chi connectivity index (χ1v) is 11.1. The van der Waals surface area contributed by atoms with Crippen LogP contribution in [0.1, 0.15) is 23.1 Å². The SMILES string of the molecule is Cc1ccc(S(=O)(=O)N(CC(=O)NCCCN(C)C)c2ccc(C)cc2C)cc1. The summed E-state index contributed by atoms with van der Waals surface area (Å²) in [5.74, 6) is -0.320. The van der Waals surface area contributed by atoms with E-state index >= 15 is 0 Å². The van der Waals surface area contributed by atoms with Crippen molar-refractivity contribution in [3.05, 3.63) is 59.2 Å². The Morgan fingerprint density at radius 1 is 0.966 bits per heavy atom. The molecule has 0 spiro atoms. The lowest BCUT2D eigenvalue weighted by Crippen LogP contribution is -2.41. The Morgan fingerprint density at radius 2 is 1.59 bits per heavy atom. The van der Waals surface area contributed by atoms with Crippen molar-refractivity contribution in [3.63, 3.8) is 0 Å². The Bertz CT molecular complexity index is 938. The van der Waals surface area contributed by atoms with Gasteiger partial charge in [-0.15, -0.1) is 0 Å². The molecular formula is C22H31N3O3S. The summed E-state index contributed by atoms with van der Waals surface area (Å²) in [4.78, 5) is 14.8. The van der Waals surface area contributed by atoms with Crippen LogP contribution in [-0.4, -0.2) is 53.0 Å². The van der Waals surface area contributed by atoms with Crippen molar-refractivity contribution in [1.29, 1.82) is 0 Å². The Labute approximate surface area is 174 Å². The van der Waals surface area contributed by atoms with Gasteiger partial charge in [-0.3, -0.25) is 9.10 Å². The van der Waals surface area contributed by atoms with E-state index in [9.17, 15) is 13.2 Å². The van der Waals surface area contributed by atoms with E-state index in [4.69, 9.17) is 0 Å². The van der Waals surface area contributed by atoms with E-state index in [-0.39, 0.29) is 17.3 Å². The number of carbonyl (C=O) groups is 1. The molecule has 7 heteroatoms. The molecule has 0 bridgehead atoms. The Morgan fingerprint density at radius 3 is 2.17 bits per heavy atom. The van der Waals surface area contributed by atoms with Crippen LogP contribution in [0.4, 0.5) is 5.69 Å². The molecule has 1 amide bonds. The molecule has 0 saturated carbocycles. The number of nitrogens with zero attached hydrogens (tertiary/aromatic N) is 2. The second-order valence-electron chi connectivity index (χ2n) is 7.62. The lowest BCUT2D eigenvalue weighted by Gasteiger charge is -2.26. The van der Waals surface area contributed by atoms with Gasteiger partial charge in [0, 0.05) is 6.54 Å². The Balaban J connectivity index is 2.31. The fourth-order valence-corrected chi connectivity index (χ4v) is 4.52. The molecule has 0 fully saturated rings. The van der Waals surface area contributed by atoms with Gasteiger partial charge in [0.2, 0.25) is 5.91 Å². The summed E-state index contributed by atoms with van der Waals surface area (Å²) >= 11 is 0. The maximum absolute atomic E-state index is 13.4. The minimum atomic E-state index is -3.88. The topological polar surface area (TPSA) is 69.7 Å². The van der Waals surface area contributed by atoms with Crippen molar-refractivity contribution < 1.29 is 13.2 Å². The van der Waals surface area contributed by atoms with E-state index < -0.39 is 10.0 Å². The molecule has 0 aliphatic rings. The van der Waals surface area contributed by atoms with Gasteiger partial charge in [0.25, 0.3) is 10.0 Å². The van der Waals surface area contributed by atoms with Crippen molar-refractivity contribution in [2.75, 3.05) is 38.0 Å². The molecule has 29 heavy (non-hydrogen) atoms. The standard InChI is InChI=1S/C22H31N3O3S/c1-17-7-10-20(11-8-17)29(27,28)25(21-12-9-18(2)15-19(21)3)16-22(26)23-13-6-14-24(4)5/h7-12,15H,6,13-14,16H2,1-5H3,(H,23,26). The zero-order valence-electron chi connectivity index (χ0n) is 17.9. The van der Waals surface area contributed by atoms with Crippen molar-refractivity contribution in [2.24, 2.45) is 0 Å². The van der Waals surface area contributed by atoms with Crippen LogP contribution in [0, 0.1) is 20.8 Å². The maximum atomic E-state index is 13.4. The largest absolute Gasteiger partial charge is 0.354 e. The van der Waals surface area contributed by atoms with Crippen LogP contribution in [0.2, 0.25) is 0 Å². The van der Waals surface area contributed by atoms with Crippen molar-refractivity contribution in [1.82, 2.24) is 10.2 Å². The number of rotatable bonds is 9. The summed E-state index contributed by atoms with van der Waals surface area (Å²) in [6.07, 6.45) is 0.799. The minimum Gasteiger partial charge on any atom is -0.354 e. The van der Waals surface area contributed by atoms with Gasteiger partial charge < -0.3 is 10.2 Å². The fourth-order valence-electron chi connectivity index (χ4n) is 3.03. The molecule has 2 aromatic rings. The molecule has 0 aliphatic heterocycles. The lowest BCUT2D eigenvalue weighted by atomic mass is 10.1. The molecule has 0 atom stereocenters. The predicted octanol–water partition coefficient (Wildman–Crippen LogP) is 2.88. The van der Waals surface area contributed by atoms with Gasteiger partial charge in [-0.2, -0.15) is 0 Å². The smallest absolute Gasteiger partial charge is 0.264 e. The van der Waals surface area contributed by atoms with Crippen LogP contribution < -0.4 is 9.62 Å². The first kappa shape index (κ1) is 22.9. The maximum Gasteiger partial charge on any atom is 0.264 e. The first-order valence-electron chi connectivity index (χ1n) is 9.69. The number of nitrogens with one attached hydrogen (secondary N) is 1. The summed E-state index contributed by atoms with van der Waals surface area (Å²) in [6.45, 7) is 6.80. The summed E-state index contributed by atoms with van der Waals surface area (Å²) in [5.41, 5.74) is 3.33. The van der Waals surface area contributed by atoms with Crippen LogP contribution in [-0.2, 0) is 14.8 Å². The average molecular weight is 418 g/mol. The van der Waals surface area contributed by atoms with Crippen LogP contribution in [0.3, 0.4) is 0 Å². The van der Waals surface area contributed by atoms with Gasteiger partial charge in [-0.05, 0) is 71.6 Å². The van der Waals surface area contributed by atoms with Gasteiger partial charge >= 0.3 is 0 Å². The fraction of sp³-hybridized carbons (Fsp3) is 0.409. The third-order valence-electron chi connectivity index (χ3n) is 4.62. The number of amides is 1. The molecule has 0 heterocycles. The van der Waals surface area contributed by atoms with Gasteiger partial charge in [-0.25, -0.2) is 8.42 Å². The number of sulfonamides is 1. The molecule has 1 N–H and O–H groups in total. The van der Waals surface area contributed by atoms with E-state index in [2.05, 4.69) is 5.32 Å². The number of hydrogen-bond acceptors (Lipinski definition) is 4. The van der Waals surface area contributed by atoms with E-state index in [1.807, 2.05) is 51.9 Å². The van der Waals surface area contributed by atoms with Crippen molar-refractivity contribution in [3.8, 4) is 0 Å². The molecule has 0 unspecified atom stereocenters. The van der Waals surface area contributed by atoms with Gasteiger partial charge in [0.15, 0.2) is 0 Å². The molecular weight excluding hydrogens is 386 g/mol. The molecule has 0 radical (unpaired) electrons. The Hall–Kier alpha value is -2.38. The van der Waals surface area contributed by atoms with Crippen molar-refractivity contribution in [2.45, 2.75) is 32.1 Å². The molecule has 2 aromatic carbocycles. The molecule has 158 valence electrons. The molecule has 2 rings (SSSR count). The highest BCUT2D eigenvalue weighted by Crippen LogP contribution is 2.27. The highest BCUT2D eigenvalue weighted by Gasteiger charge is 2.28. The lowest BCUT2D eigenvalue weighted by molar-refractivity contribution is -0.119. The third kappa shape index (κ3) is 6.30. The van der Waals surface area contributed by atoms with Gasteiger partial charge in [0.05, 0.1) is 10.6 Å². The number of anilines is 1. The molecule has 0 saturated heterocycles.